The Morgan fingerprint density at radius 3 is 2.57 bits per heavy atom. The second-order valence-electron chi connectivity index (χ2n) is 4.00. The van der Waals surface area contributed by atoms with Gasteiger partial charge in [0.2, 0.25) is 0 Å². The predicted molar refractivity (Wildman–Crippen MR) is 80.2 cm³/mol. The number of amides is 1. The van der Waals surface area contributed by atoms with Gasteiger partial charge in [0.25, 0.3) is 11.6 Å². The van der Waals surface area contributed by atoms with Gasteiger partial charge in [-0.25, -0.2) is 4.39 Å². The van der Waals surface area contributed by atoms with Gasteiger partial charge in [-0.3, -0.25) is 14.9 Å². The Bertz CT molecular complexity index is 739. The quantitative estimate of drug-likeness (QED) is 0.640. The first-order valence-electron chi connectivity index (χ1n) is 5.59. The van der Waals surface area contributed by atoms with E-state index in [0.29, 0.717) is 21.2 Å². The van der Waals surface area contributed by atoms with E-state index in [-0.39, 0.29) is 5.56 Å². The minimum Gasteiger partial charge on any atom is -0.321 e. The molecule has 0 aliphatic heterocycles. The molecule has 0 saturated heterocycles. The number of rotatable bonds is 3. The van der Waals surface area contributed by atoms with E-state index in [1.165, 1.54) is 0 Å². The fraction of sp³-hybridized carbons (Fsp3) is 0. The molecule has 1 amide bonds. The summed E-state index contributed by atoms with van der Waals surface area (Å²) >= 11 is 8.99. The average molecular weight is 374 g/mol. The van der Waals surface area contributed by atoms with Crippen LogP contribution in [0.3, 0.4) is 0 Å². The van der Waals surface area contributed by atoms with E-state index in [1.807, 2.05) is 0 Å². The summed E-state index contributed by atoms with van der Waals surface area (Å²) in [6.45, 7) is 0. The van der Waals surface area contributed by atoms with E-state index in [2.05, 4.69) is 21.2 Å². The maximum atomic E-state index is 13.7. The van der Waals surface area contributed by atoms with Crippen molar-refractivity contribution in [2.75, 3.05) is 5.32 Å². The summed E-state index contributed by atoms with van der Waals surface area (Å²) < 4.78 is 14.3. The van der Waals surface area contributed by atoms with Crippen LogP contribution >= 0.6 is 27.5 Å². The van der Waals surface area contributed by atoms with Crippen LogP contribution < -0.4 is 5.32 Å². The molecule has 2 rings (SSSR count). The van der Waals surface area contributed by atoms with Gasteiger partial charge in [-0.2, -0.15) is 0 Å². The smallest absolute Gasteiger partial charge is 0.272 e. The first-order chi connectivity index (χ1) is 9.88. The highest BCUT2D eigenvalue weighted by molar-refractivity contribution is 9.10. The van der Waals surface area contributed by atoms with Gasteiger partial charge >= 0.3 is 0 Å². The molecule has 0 radical (unpaired) electrons. The predicted octanol–water partition coefficient (Wildman–Crippen LogP) is 4.40. The zero-order valence-corrected chi connectivity index (χ0v) is 12.6. The number of nitrogens with one attached hydrogen (secondary N) is 1. The molecule has 0 saturated carbocycles. The van der Waals surface area contributed by atoms with Crippen molar-refractivity contribution in [3.8, 4) is 0 Å². The normalized spacial score (nSPS) is 10.2. The summed E-state index contributed by atoms with van der Waals surface area (Å²) in [5, 5.41) is 13.5. The molecule has 0 aliphatic carbocycles. The minimum atomic E-state index is -0.966. The van der Waals surface area contributed by atoms with E-state index in [4.69, 9.17) is 11.6 Å². The van der Waals surface area contributed by atoms with Crippen molar-refractivity contribution >= 4 is 44.8 Å². The zero-order chi connectivity index (χ0) is 15.6. The minimum absolute atomic E-state index is 0.289. The lowest BCUT2D eigenvalue weighted by Gasteiger charge is -2.08. The Morgan fingerprint density at radius 1 is 1.29 bits per heavy atom. The van der Waals surface area contributed by atoms with E-state index < -0.39 is 22.3 Å². The monoisotopic (exact) mass is 372 g/mol. The molecule has 0 unspecified atom stereocenters. The number of nitrogens with zero attached hydrogens (tertiary/aromatic N) is 1. The summed E-state index contributed by atoms with van der Waals surface area (Å²) in [6, 6.07) is 7.51. The van der Waals surface area contributed by atoms with Crippen molar-refractivity contribution in [1.29, 1.82) is 0 Å². The number of anilines is 1. The highest BCUT2D eigenvalue weighted by atomic mass is 79.9. The molecule has 2 aromatic rings. The van der Waals surface area contributed by atoms with Gasteiger partial charge in [-0.1, -0.05) is 11.6 Å². The number of halogens is 3. The fourth-order valence-electron chi connectivity index (χ4n) is 1.58. The maximum Gasteiger partial charge on any atom is 0.272 e. The Morgan fingerprint density at radius 2 is 2.00 bits per heavy atom. The van der Waals surface area contributed by atoms with E-state index in [1.54, 1.807) is 18.2 Å². The summed E-state index contributed by atoms with van der Waals surface area (Å²) in [7, 11) is 0. The largest absolute Gasteiger partial charge is 0.321 e. The third-order valence-electron chi connectivity index (χ3n) is 2.59. The molecule has 1 N–H and O–H groups in total. The summed E-state index contributed by atoms with van der Waals surface area (Å²) in [4.78, 5) is 21.8. The zero-order valence-electron chi connectivity index (χ0n) is 10.3. The maximum absolute atomic E-state index is 13.7. The van der Waals surface area contributed by atoms with Crippen LogP contribution in [0, 0.1) is 15.9 Å². The van der Waals surface area contributed by atoms with Crippen LogP contribution in [0.1, 0.15) is 10.4 Å². The number of non-ortho nitro benzene ring substituents is 1. The Hall–Kier alpha value is -1.99. The van der Waals surface area contributed by atoms with Crippen LogP contribution in [0.25, 0.3) is 0 Å². The average Bonchev–Trinajstić information content (AvgIpc) is 2.41. The lowest BCUT2D eigenvalue weighted by molar-refractivity contribution is -0.385. The molecule has 0 atom stereocenters. The van der Waals surface area contributed by atoms with Crippen molar-refractivity contribution in [1.82, 2.24) is 0 Å². The van der Waals surface area contributed by atoms with Crippen molar-refractivity contribution < 1.29 is 14.1 Å². The van der Waals surface area contributed by atoms with Gasteiger partial charge < -0.3 is 5.32 Å². The Kier molecular flexibility index (Phi) is 4.54. The van der Waals surface area contributed by atoms with Crippen molar-refractivity contribution in [2.45, 2.75) is 0 Å². The molecule has 108 valence electrons. The van der Waals surface area contributed by atoms with Crippen LogP contribution in [0.5, 0.6) is 0 Å². The molecule has 0 heterocycles. The number of hydrogen-bond donors (Lipinski definition) is 1. The molecule has 0 bridgehead atoms. The molecule has 0 fully saturated rings. The Labute approximate surface area is 132 Å². The Balaban J connectivity index is 2.26. The molecular weight excluding hydrogens is 367 g/mol. The molecule has 2 aromatic carbocycles. The third kappa shape index (κ3) is 3.56. The summed E-state index contributed by atoms with van der Waals surface area (Å²) in [5.41, 5.74) is -0.304. The van der Waals surface area contributed by atoms with Crippen LogP contribution in [-0.2, 0) is 0 Å². The van der Waals surface area contributed by atoms with Gasteiger partial charge in [-0.15, -0.1) is 0 Å². The van der Waals surface area contributed by atoms with Gasteiger partial charge in [0.15, 0.2) is 0 Å². The van der Waals surface area contributed by atoms with Gasteiger partial charge in [0.05, 0.1) is 22.2 Å². The van der Waals surface area contributed by atoms with Crippen LogP contribution in [0.4, 0.5) is 15.8 Å². The number of nitro benzene ring substituents is 1. The number of nitro groups is 1. The molecule has 0 spiro atoms. The highest BCUT2D eigenvalue weighted by Crippen LogP contribution is 2.27. The van der Waals surface area contributed by atoms with Crippen molar-refractivity contribution in [3.05, 3.63) is 67.4 Å². The number of hydrogen-bond acceptors (Lipinski definition) is 3. The molecular formula is C13H7BrClFN2O3. The molecule has 0 aliphatic rings. The van der Waals surface area contributed by atoms with Gasteiger partial charge in [0, 0.05) is 15.6 Å². The van der Waals surface area contributed by atoms with Gasteiger partial charge in [0.1, 0.15) is 5.82 Å². The van der Waals surface area contributed by atoms with Crippen LogP contribution in [-0.4, -0.2) is 10.8 Å². The van der Waals surface area contributed by atoms with E-state index in [9.17, 15) is 19.3 Å². The van der Waals surface area contributed by atoms with E-state index >= 15 is 0 Å². The highest BCUT2D eigenvalue weighted by Gasteiger charge is 2.17. The van der Waals surface area contributed by atoms with Crippen molar-refractivity contribution in [2.24, 2.45) is 0 Å². The standard InChI is InChI=1S/C13H7BrClFN2O3/c14-10-5-7(15)1-4-12(10)17-13(19)9-3-2-8(18(20)21)6-11(9)16/h1-6H,(H,17,19). The number of carbonyl (C=O) groups excluding carboxylic acids is 1. The summed E-state index contributed by atoms with van der Waals surface area (Å²) in [5.74, 6) is -1.68. The molecule has 0 aromatic heterocycles. The third-order valence-corrected chi connectivity index (χ3v) is 3.48. The fourth-order valence-corrected chi connectivity index (χ4v) is 2.36. The first-order valence-corrected chi connectivity index (χ1v) is 6.76. The van der Waals surface area contributed by atoms with Gasteiger partial charge in [-0.05, 0) is 40.2 Å². The lowest BCUT2D eigenvalue weighted by Crippen LogP contribution is -2.14. The SMILES string of the molecule is O=C(Nc1ccc(Cl)cc1Br)c1ccc([N+](=O)[O-])cc1F. The van der Waals surface area contributed by atoms with Crippen molar-refractivity contribution in [3.63, 3.8) is 0 Å². The van der Waals surface area contributed by atoms with Crippen LogP contribution in [0.15, 0.2) is 40.9 Å². The second kappa shape index (κ2) is 6.19. The molecule has 21 heavy (non-hydrogen) atoms. The molecule has 8 heteroatoms. The van der Waals surface area contributed by atoms with E-state index in [0.717, 1.165) is 12.1 Å². The lowest BCUT2D eigenvalue weighted by atomic mass is 10.1. The topological polar surface area (TPSA) is 72.2 Å². The summed E-state index contributed by atoms with van der Waals surface area (Å²) in [6.07, 6.45) is 0. The first kappa shape index (κ1) is 15.4. The number of carbonyl (C=O) groups is 1. The van der Waals surface area contributed by atoms with Crippen LogP contribution in [0.2, 0.25) is 5.02 Å². The molecule has 5 nitrogen and oxygen atoms in total. The second-order valence-corrected chi connectivity index (χ2v) is 5.29. The number of benzene rings is 2.